The number of nitrogens with one attached hydrogen (secondary N) is 2. The molecule has 0 saturated carbocycles. The van der Waals surface area contributed by atoms with Gasteiger partial charge in [-0.2, -0.15) is 0 Å². The van der Waals surface area contributed by atoms with Gasteiger partial charge < -0.3 is 21.0 Å². The van der Waals surface area contributed by atoms with Gasteiger partial charge in [-0.25, -0.2) is 0 Å². The molecule has 0 spiro atoms. The van der Waals surface area contributed by atoms with Gasteiger partial charge in [0.15, 0.2) is 0 Å². The second-order valence-corrected chi connectivity index (χ2v) is 5.45. The molecule has 0 aromatic carbocycles. The maximum Gasteiger partial charge on any atom is 0.0706 e. The van der Waals surface area contributed by atoms with Crippen LogP contribution in [0.15, 0.2) is 10.3 Å². The highest BCUT2D eigenvalue weighted by molar-refractivity contribution is 5.86. The number of hydrogen-bond acceptors (Lipinski definition) is 6. The molecule has 0 aromatic rings. The molecule has 0 unspecified atom stereocenters. The van der Waals surface area contributed by atoms with Crippen LogP contribution in [0.4, 0.5) is 0 Å². The topological polar surface area (TPSA) is 89.2 Å². The van der Waals surface area contributed by atoms with Crippen LogP contribution in [0, 0.1) is 5.41 Å². The Balaban J connectivity index is 4.00. The summed E-state index contributed by atoms with van der Waals surface area (Å²) in [5.41, 5.74) is 1.39. The largest absolute Gasteiger partial charge is 0.411 e. The van der Waals surface area contributed by atoms with E-state index in [0.717, 1.165) is 13.1 Å². The van der Waals surface area contributed by atoms with Crippen molar-refractivity contribution in [3.8, 4) is 0 Å². The Morgan fingerprint density at radius 1 is 1.17 bits per heavy atom. The Bertz CT molecular complexity index is 300. The molecule has 0 fully saturated rings. The lowest BCUT2D eigenvalue weighted by atomic mass is 9.93. The summed E-state index contributed by atoms with van der Waals surface area (Å²) in [6.07, 6.45) is 0. The van der Waals surface area contributed by atoms with Crippen molar-refractivity contribution in [3.63, 3.8) is 0 Å². The van der Waals surface area contributed by atoms with E-state index in [1.54, 1.807) is 13.8 Å². The van der Waals surface area contributed by atoms with Crippen LogP contribution in [-0.4, -0.2) is 47.5 Å². The molecule has 6 heteroatoms. The lowest BCUT2D eigenvalue weighted by Gasteiger charge is -2.27. The summed E-state index contributed by atoms with van der Waals surface area (Å²) < 4.78 is 0. The average Bonchev–Trinajstić information content (AvgIpc) is 2.34. The van der Waals surface area contributed by atoms with Gasteiger partial charge >= 0.3 is 0 Å². The van der Waals surface area contributed by atoms with Crippen LogP contribution in [0.1, 0.15) is 34.6 Å². The minimum atomic E-state index is 0.0509. The standard InChI is InChI=1S/C12H26N4O2/c1-9(15-17)6-13-7-12(4,5)8-14-10(2)11(3)16-18/h10,13-14,17-18H,6-8H2,1-5H3/b15-9+,16-11+/t10-/m1/s1. The first-order valence-electron chi connectivity index (χ1n) is 6.12. The fraction of sp³-hybridized carbons (Fsp3) is 0.833. The molecule has 0 saturated heterocycles. The van der Waals surface area contributed by atoms with Crippen molar-refractivity contribution in [2.75, 3.05) is 19.6 Å². The zero-order valence-corrected chi connectivity index (χ0v) is 12.0. The maximum absolute atomic E-state index is 8.66. The Kier molecular flexibility index (Phi) is 7.54. The Hall–Kier alpha value is -1.14. The van der Waals surface area contributed by atoms with E-state index in [2.05, 4.69) is 34.8 Å². The van der Waals surface area contributed by atoms with Gasteiger partial charge in [0.05, 0.1) is 11.4 Å². The van der Waals surface area contributed by atoms with Gasteiger partial charge in [0.25, 0.3) is 0 Å². The van der Waals surface area contributed by atoms with Crippen LogP contribution in [0.3, 0.4) is 0 Å². The fourth-order valence-electron chi connectivity index (χ4n) is 1.34. The molecule has 0 aliphatic rings. The van der Waals surface area contributed by atoms with Gasteiger partial charge in [-0.05, 0) is 26.2 Å². The van der Waals surface area contributed by atoms with Crippen molar-refractivity contribution in [2.24, 2.45) is 15.7 Å². The SMILES string of the molecule is C/C(CNCC(C)(C)CN[C@H](C)/C(C)=N/O)=N\O. The van der Waals surface area contributed by atoms with Crippen molar-refractivity contribution >= 4 is 11.4 Å². The molecule has 0 aromatic heterocycles. The predicted molar refractivity (Wildman–Crippen MR) is 73.9 cm³/mol. The first-order chi connectivity index (χ1) is 8.32. The first-order valence-corrected chi connectivity index (χ1v) is 6.12. The molecule has 6 nitrogen and oxygen atoms in total. The second-order valence-electron chi connectivity index (χ2n) is 5.45. The van der Waals surface area contributed by atoms with Crippen LogP contribution in [0.25, 0.3) is 0 Å². The van der Waals surface area contributed by atoms with E-state index in [9.17, 15) is 0 Å². The van der Waals surface area contributed by atoms with Crippen molar-refractivity contribution in [3.05, 3.63) is 0 Å². The molecule has 0 heterocycles. The van der Waals surface area contributed by atoms with E-state index >= 15 is 0 Å². The Labute approximate surface area is 109 Å². The van der Waals surface area contributed by atoms with Gasteiger partial charge in [-0.3, -0.25) is 0 Å². The van der Waals surface area contributed by atoms with Crippen molar-refractivity contribution in [2.45, 2.75) is 40.7 Å². The minimum absolute atomic E-state index is 0.0509. The molecular formula is C12H26N4O2. The second kappa shape index (κ2) is 8.05. The van der Waals surface area contributed by atoms with Crippen molar-refractivity contribution in [1.29, 1.82) is 0 Å². The number of hydrogen-bond donors (Lipinski definition) is 4. The van der Waals surface area contributed by atoms with Gasteiger partial charge in [-0.15, -0.1) is 0 Å². The Morgan fingerprint density at radius 2 is 1.78 bits per heavy atom. The normalized spacial score (nSPS) is 15.8. The lowest BCUT2D eigenvalue weighted by Crippen LogP contribution is -2.43. The molecule has 1 atom stereocenters. The van der Waals surface area contributed by atoms with Crippen molar-refractivity contribution < 1.29 is 10.4 Å². The highest BCUT2D eigenvalue weighted by Gasteiger charge is 2.19. The fourth-order valence-corrected chi connectivity index (χ4v) is 1.34. The summed E-state index contributed by atoms with van der Waals surface area (Å²) in [6.45, 7) is 11.9. The van der Waals surface area contributed by atoms with Crippen molar-refractivity contribution in [1.82, 2.24) is 10.6 Å². The first kappa shape index (κ1) is 16.9. The zero-order valence-electron chi connectivity index (χ0n) is 12.0. The number of oxime groups is 2. The molecule has 18 heavy (non-hydrogen) atoms. The highest BCUT2D eigenvalue weighted by Crippen LogP contribution is 2.12. The molecule has 106 valence electrons. The predicted octanol–water partition coefficient (Wildman–Crippen LogP) is 1.28. The van der Waals surface area contributed by atoms with Crippen LogP contribution in [0.2, 0.25) is 0 Å². The van der Waals surface area contributed by atoms with E-state index in [0.29, 0.717) is 18.0 Å². The molecule has 0 aliphatic carbocycles. The summed E-state index contributed by atoms with van der Waals surface area (Å²) in [4.78, 5) is 0. The van der Waals surface area contributed by atoms with Crippen LogP contribution >= 0.6 is 0 Å². The Morgan fingerprint density at radius 3 is 2.28 bits per heavy atom. The van der Waals surface area contributed by atoms with Gasteiger partial charge in [0, 0.05) is 25.7 Å². The molecule has 0 rings (SSSR count). The molecule has 4 N–H and O–H groups in total. The molecule has 0 amide bonds. The van der Waals surface area contributed by atoms with Crippen LogP contribution in [0.5, 0.6) is 0 Å². The van der Waals surface area contributed by atoms with Gasteiger partial charge in [-0.1, -0.05) is 24.2 Å². The number of nitrogens with zero attached hydrogens (tertiary/aromatic N) is 2. The summed E-state index contributed by atoms with van der Waals surface area (Å²) in [5, 5.41) is 30.0. The molecule has 0 bridgehead atoms. The lowest BCUT2D eigenvalue weighted by molar-refractivity contribution is 0.305. The van der Waals surface area contributed by atoms with E-state index in [1.165, 1.54) is 0 Å². The van der Waals surface area contributed by atoms with E-state index in [-0.39, 0.29) is 11.5 Å². The minimum Gasteiger partial charge on any atom is -0.411 e. The average molecular weight is 258 g/mol. The molecule has 0 aliphatic heterocycles. The molecular weight excluding hydrogens is 232 g/mol. The summed E-state index contributed by atoms with van der Waals surface area (Å²) in [5.74, 6) is 0. The van der Waals surface area contributed by atoms with E-state index in [1.807, 2.05) is 6.92 Å². The third kappa shape index (κ3) is 7.24. The van der Waals surface area contributed by atoms with Gasteiger partial charge in [0.1, 0.15) is 0 Å². The molecule has 0 radical (unpaired) electrons. The zero-order chi connectivity index (χ0) is 14.2. The maximum atomic E-state index is 8.66. The number of rotatable bonds is 8. The summed E-state index contributed by atoms with van der Waals surface area (Å²) in [7, 11) is 0. The van der Waals surface area contributed by atoms with E-state index in [4.69, 9.17) is 10.4 Å². The third-order valence-corrected chi connectivity index (χ3v) is 2.83. The summed E-state index contributed by atoms with van der Waals surface area (Å²) in [6, 6.07) is 0.0509. The highest BCUT2D eigenvalue weighted by atomic mass is 16.4. The summed E-state index contributed by atoms with van der Waals surface area (Å²) >= 11 is 0. The van der Waals surface area contributed by atoms with Gasteiger partial charge in [0.2, 0.25) is 0 Å². The van der Waals surface area contributed by atoms with E-state index < -0.39 is 0 Å². The monoisotopic (exact) mass is 258 g/mol. The quantitative estimate of drug-likeness (QED) is 0.300. The van der Waals surface area contributed by atoms with Crippen LogP contribution in [-0.2, 0) is 0 Å². The van der Waals surface area contributed by atoms with Crippen LogP contribution < -0.4 is 10.6 Å². The smallest absolute Gasteiger partial charge is 0.0706 e. The third-order valence-electron chi connectivity index (χ3n) is 2.83.